The van der Waals surface area contributed by atoms with E-state index in [1.807, 2.05) is 0 Å². The lowest BCUT2D eigenvalue weighted by Gasteiger charge is -2.41. The molecule has 106 valence electrons. The van der Waals surface area contributed by atoms with Crippen molar-refractivity contribution in [1.29, 1.82) is 0 Å². The third kappa shape index (κ3) is 3.19. The summed E-state index contributed by atoms with van der Waals surface area (Å²) >= 11 is 0. The molecular formula is C14H28ClN3. The SMILES string of the molecule is CC1(CN2CCC(N3CCNCC3)C2)CCC1.Cl. The lowest BCUT2D eigenvalue weighted by molar-refractivity contribution is 0.0906. The van der Waals surface area contributed by atoms with Gasteiger partial charge in [0, 0.05) is 45.3 Å². The molecule has 0 amide bonds. The minimum atomic E-state index is 0. The molecule has 0 bridgehead atoms. The van der Waals surface area contributed by atoms with Crippen molar-refractivity contribution < 1.29 is 0 Å². The Balaban J connectivity index is 0.00000120. The molecular weight excluding hydrogens is 246 g/mol. The smallest absolute Gasteiger partial charge is 0.0236 e. The van der Waals surface area contributed by atoms with Gasteiger partial charge < -0.3 is 10.2 Å². The second kappa shape index (κ2) is 6.08. The van der Waals surface area contributed by atoms with Crippen LogP contribution >= 0.6 is 12.4 Å². The fourth-order valence-corrected chi connectivity index (χ4v) is 3.78. The second-order valence-electron chi connectivity index (χ2n) is 6.63. The van der Waals surface area contributed by atoms with Gasteiger partial charge in [-0.05, 0) is 31.2 Å². The average Bonchev–Trinajstić information content (AvgIpc) is 2.77. The van der Waals surface area contributed by atoms with Crippen LogP contribution in [0.2, 0.25) is 0 Å². The van der Waals surface area contributed by atoms with E-state index in [2.05, 4.69) is 22.0 Å². The van der Waals surface area contributed by atoms with Crippen LogP contribution in [-0.4, -0.2) is 61.7 Å². The van der Waals surface area contributed by atoms with Crippen LogP contribution in [0, 0.1) is 5.41 Å². The molecule has 3 aliphatic rings. The molecule has 0 aromatic heterocycles. The Labute approximate surface area is 118 Å². The van der Waals surface area contributed by atoms with Crippen molar-refractivity contribution in [1.82, 2.24) is 15.1 Å². The highest BCUT2D eigenvalue weighted by Crippen LogP contribution is 2.41. The van der Waals surface area contributed by atoms with Crippen LogP contribution in [0.1, 0.15) is 32.6 Å². The molecule has 3 rings (SSSR count). The molecule has 18 heavy (non-hydrogen) atoms. The van der Waals surface area contributed by atoms with Crippen LogP contribution in [-0.2, 0) is 0 Å². The molecule has 0 spiro atoms. The first kappa shape index (κ1) is 14.6. The molecule has 0 aromatic carbocycles. The van der Waals surface area contributed by atoms with Crippen molar-refractivity contribution >= 4 is 12.4 Å². The Morgan fingerprint density at radius 2 is 1.89 bits per heavy atom. The number of likely N-dealkylation sites (tertiary alicyclic amines) is 1. The van der Waals surface area contributed by atoms with Gasteiger partial charge in [0.25, 0.3) is 0 Å². The van der Waals surface area contributed by atoms with Gasteiger partial charge in [-0.1, -0.05) is 13.3 Å². The fraction of sp³-hybridized carbons (Fsp3) is 1.00. The van der Waals surface area contributed by atoms with E-state index in [-0.39, 0.29) is 12.4 Å². The zero-order valence-corrected chi connectivity index (χ0v) is 12.5. The van der Waals surface area contributed by atoms with Gasteiger partial charge in [0.15, 0.2) is 0 Å². The molecule has 1 aliphatic carbocycles. The molecule has 1 N–H and O–H groups in total. The number of hydrogen-bond acceptors (Lipinski definition) is 3. The molecule has 1 unspecified atom stereocenters. The highest BCUT2D eigenvalue weighted by atomic mass is 35.5. The topological polar surface area (TPSA) is 18.5 Å². The van der Waals surface area contributed by atoms with Crippen LogP contribution in [0.25, 0.3) is 0 Å². The second-order valence-corrected chi connectivity index (χ2v) is 6.63. The molecule has 2 saturated heterocycles. The lowest BCUT2D eigenvalue weighted by atomic mass is 9.70. The van der Waals surface area contributed by atoms with E-state index in [0.717, 1.165) is 6.04 Å². The monoisotopic (exact) mass is 273 g/mol. The van der Waals surface area contributed by atoms with Crippen LogP contribution in [0.4, 0.5) is 0 Å². The quantitative estimate of drug-likeness (QED) is 0.842. The van der Waals surface area contributed by atoms with E-state index in [1.54, 1.807) is 0 Å². The Hall–Kier alpha value is 0.170. The zero-order chi connectivity index (χ0) is 11.7. The molecule has 1 atom stereocenters. The zero-order valence-electron chi connectivity index (χ0n) is 11.7. The number of halogens is 1. The largest absolute Gasteiger partial charge is 0.314 e. The first-order valence-corrected chi connectivity index (χ1v) is 7.42. The van der Waals surface area contributed by atoms with Crippen LogP contribution < -0.4 is 5.32 Å². The van der Waals surface area contributed by atoms with Crippen LogP contribution in [0.15, 0.2) is 0 Å². The Morgan fingerprint density at radius 1 is 1.17 bits per heavy atom. The van der Waals surface area contributed by atoms with Gasteiger partial charge in [0.1, 0.15) is 0 Å². The van der Waals surface area contributed by atoms with E-state index in [4.69, 9.17) is 0 Å². The van der Waals surface area contributed by atoms with E-state index in [1.165, 1.54) is 71.5 Å². The third-order valence-corrected chi connectivity index (χ3v) is 5.08. The lowest BCUT2D eigenvalue weighted by Crippen LogP contribution is -2.49. The van der Waals surface area contributed by atoms with Crippen molar-refractivity contribution in [2.45, 2.75) is 38.6 Å². The molecule has 3 nitrogen and oxygen atoms in total. The molecule has 0 radical (unpaired) electrons. The summed E-state index contributed by atoms with van der Waals surface area (Å²) in [6.45, 7) is 11.4. The molecule has 2 aliphatic heterocycles. The van der Waals surface area contributed by atoms with Gasteiger partial charge in [-0.2, -0.15) is 0 Å². The van der Waals surface area contributed by atoms with Crippen molar-refractivity contribution in [3.63, 3.8) is 0 Å². The van der Waals surface area contributed by atoms with Gasteiger partial charge in [0.2, 0.25) is 0 Å². The maximum absolute atomic E-state index is 3.45. The summed E-state index contributed by atoms with van der Waals surface area (Å²) in [7, 11) is 0. The van der Waals surface area contributed by atoms with Crippen molar-refractivity contribution in [3.05, 3.63) is 0 Å². The first-order chi connectivity index (χ1) is 8.25. The van der Waals surface area contributed by atoms with Crippen molar-refractivity contribution in [2.24, 2.45) is 5.41 Å². The summed E-state index contributed by atoms with van der Waals surface area (Å²) in [6, 6.07) is 0.848. The number of piperazine rings is 1. The van der Waals surface area contributed by atoms with Gasteiger partial charge in [0.05, 0.1) is 0 Å². The van der Waals surface area contributed by atoms with E-state index in [0.29, 0.717) is 5.41 Å². The number of hydrogen-bond donors (Lipinski definition) is 1. The first-order valence-electron chi connectivity index (χ1n) is 7.42. The molecule has 0 aromatic rings. The summed E-state index contributed by atoms with van der Waals surface area (Å²) in [5.74, 6) is 0. The molecule has 3 fully saturated rings. The van der Waals surface area contributed by atoms with E-state index in [9.17, 15) is 0 Å². The predicted molar refractivity (Wildman–Crippen MR) is 78.5 cm³/mol. The maximum Gasteiger partial charge on any atom is 0.0236 e. The maximum atomic E-state index is 3.45. The summed E-state index contributed by atoms with van der Waals surface area (Å²) in [5, 5.41) is 3.45. The fourth-order valence-electron chi connectivity index (χ4n) is 3.78. The number of nitrogens with zero attached hydrogens (tertiary/aromatic N) is 2. The number of rotatable bonds is 3. The standard InChI is InChI=1S/C14H27N3.ClH/c1-14(4-2-5-14)12-16-8-3-13(11-16)17-9-6-15-7-10-17;/h13,15H,2-12H2,1H3;1H. The highest BCUT2D eigenvalue weighted by molar-refractivity contribution is 5.85. The Morgan fingerprint density at radius 3 is 2.50 bits per heavy atom. The van der Waals surface area contributed by atoms with E-state index < -0.39 is 0 Å². The predicted octanol–water partition coefficient (Wildman–Crippen LogP) is 1.58. The minimum Gasteiger partial charge on any atom is -0.314 e. The van der Waals surface area contributed by atoms with Crippen molar-refractivity contribution in [2.75, 3.05) is 45.8 Å². The summed E-state index contributed by atoms with van der Waals surface area (Å²) < 4.78 is 0. The number of nitrogens with one attached hydrogen (secondary N) is 1. The summed E-state index contributed by atoms with van der Waals surface area (Å²) in [5.41, 5.74) is 0.665. The Kier molecular flexibility index (Phi) is 4.92. The van der Waals surface area contributed by atoms with Crippen LogP contribution in [0.5, 0.6) is 0 Å². The van der Waals surface area contributed by atoms with Gasteiger partial charge in [-0.15, -0.1) is 12.4 Å². The molecule has 1 saturated carbocycles. The molecule has 2 heterocycles. The third-order valence-electron chi connectivity index (χ3n) is 5.08. The summed E-state index contributed by atoms with van der Waals surface area (Å²) in [4.78, 5) is 5.44. The normalized spacial score (nSPS) is 32.8. The van der Waals surface area contributed by atoms with Crippen molar-refractivity contribution in [3.8, 4) is 0 Å². The van der Waals surface area contributed by atoms with Gasteiger partial charge in [-0.25, -0.2) is 0 Å². The van der Waals surface area contributed by atoms with Gasteiger partial charge in [-0.3, -0.25) is 4.90 Å². The average molecular weight is 274 g/mol. The minimum absolute atomic E-state index is 0. The van der Waals surface area contributed by atoms with Crippen LogP contribution in [0.3, 0.4) is 0 Å². The summed E-state index contributed by atoms with van der Waals surface area (Å²) in [6.07, 6.45) is 5.78. The highest BCUT2D eigenvalue weighted by Gasteiger charge is 2.36. The Bertz CT molecular complexity index is 262. The van der Waals surface area contributed by atoms with E-state index >= 15 is 0 Å². The molecule has 4 heteroatoms. The van der Waals surface area contributed by atoms with Gasteiger partial charge >= 0.3 is 0 Å².